The number of ether oxygens (including phenoxy) is 2. The zero-order chi connectivity index (χ0) is 24.4. The Labute approximate surface area is 193 Å². The number of hydrogen-bond acceptors (Lipinski definition) is 6. The van der Waals surface area contributed by atoms with Gasteiger partial charge in [0.2, 0.25) is 0 Å². The molecule has 0 saturated carbocycles. The van der Waals surface area contributed by atoms with Crippen molar-refractivity contribution in [1.82, 2.24) is 5.32 Å². The standard InChI is InChI=1S/C25H27N3O5/c1-6-32-21(30)24(5,16-26)25(27-22(31)33-23(2,3)4)18-14-10-11-15-19(18)28(20(25)29)17-12-8-7-9-13-17/h7-15H,6H2,1-5H3,(H,27,31). The molecule has 0 fully saturated rings. The molecule has 8 nitrogen and oxygen atoms in total. The molecule has 0 radical (unpaired) electrons. The number of hydrogen-bond donors (Lipinski definition) is 1. The summed E-state index contributed by atoms with van der Waals surface area (Å²) in [7, 11) is 0. The second kappa shape index (κ2) is 8.58. The van der Waals surface area contributed by atoms with Crippen LogP contribution in [0.3, 0.4) is 0 Å². The van der Waals surface area contributed by atoms with Gasteiger partial charge in [0.1, 0.15) is 5.60 Å². The number of fused-ring (bicyclic) bond motifs is 1. The summed E-state index contributed by atoms with van der Waals surface area (Å²) < 4.78 is 10.6. The topological polar surface area (TPSA) is 109 Å². The zero-order valence-corrected chi connectivity index (χ0v) is 19.3. The van der Waals surface area contributed by atoms with Crippen LogP contribution in [0.2, 0.25) is 0 Å². The first-order valence-electron chi connectivity index (χ1n) is 10.6. The molecule has 2 aromatic rings. The number of nitrogens with zero attached hydrogens (tertiary/aromatic N) is 2. The van der Waals surface area contributed by atoms with E-state index in [4.69, 9.17) is 9.47 Å². The molecule has 3 rings (SSSR count). The van der Waals surface area contributed by atoms with Gasteiger partial charge in [0, 0.05) is 11.3 Å². The molecule has 2 unspecified atom stereocenters. The summed E-state index contributed by atoms with van der Waals surface area (Å²) >= 11 is 0. The van der Waals surface area contributed by atoms with Gasteiger partial charge in [0.25, 0.3) is 5.91 Å². The molecule has 0 bridgehead atoms. The lowest BCUT2D eigenvalue weighted by atomic mass is 9.68. The van der Waals surface area contributed by atoms with Gasteiger partial charge in [-0.3, -0.25) is 14.5 Å². The molecular formula is C25H27N3O5. The third-order valence-corrected chi connectivity index (χ3v) is 5.43. The highest BCUT2D eigenvalue weighted by atomic mass is 16.6. The molecular weight excluding hydrogens is 422 g/mol. The number of anilines is 2. The average molecular weight is 450 g/mol. The van der Waals surface area contributed by atoms with Gasteiger partial charge in [-0.1, -0.05) is 36.4 Å². The Hall–Kier alpha value is -3.86. The Kier molecular flexibility index (Phi) is 6.19. The van der Waals surface area contributed by atoms with Crippen LogP contribution in [0.15, 0.2) is 54.6 Å². The van der Waals surface area contributed by atoms with Gasteiger partial charge in [-0.05, 0) is 52.8 Å². The van der Waals surface area contributed by atoms with E-state index in [0.29, 0.717) is 16.9 Å². The lowest BCUT2D eigenvalue weighted by molar-refractivity contribution is -0.158. The van der Waals surface area contributed by atoms with E-state index in [1.165, 1.54) is 11.8 Å². The van der Waals surface area contributed by atoms with Gasteiger partial charge in [-0.25, -0.2) is 4.79 Å². The highest BCUT2D eigenvalue weighted by molar-refractivity contribution is 6.16. The first-order chi connectivity index (χ1) is 15.5. The molecule has 0 spiro atoms. The van der Waals surface area contributed by atoms with Gasteiger partial charge < -0.3 is 14.8 Å². The maximum Gasteiger partial charge on any atom is 0.408 e. The van der Waals surface area contributed by atoms with E-state index >= 15 is 0 Å². The number of benzene rings is 2. The second-order valence-electron chi connectivity index (χ2n) is 8.83. The first kappa shape index (κ1) is 23.8. The number of nitrogens with one attached hydrogen (secondary N) is 1. The average Bonchev–Trinajstić information content (AvgIpc) is 3.01. The fourth-order valence-electron chi connectivity index (χ4n) is 3.96. The summed E-state index contributed by atoms with van der Waals surface area (Å²) in [5.41, 5.74) is -3.82. The summed E-state index contributed by atoms with van der Waals surface area (Å²) in [4.78, 5) is 41.7. The van der Waals surface area contributed by atoms with Gasteiger partial charge in [0.15, 0.2) is 11.0 Å². The minimum atomic E-state index is -2.10. The van der Waals surface area contributed by atoms with Crippen LogP contribution in [0.1, 0.15) is 40.2 Å². The third-order valence-electron chi connectivity index (χ3n) is 5.43. The highest BCUT2D eigenvalue weighted by Crippen LogP contribution is 2.53. The predicted molar refractivity (Wildman–Crippen MR) is 121 cm³/mol. The molecule has 2 amide bonds. The summed E-state index contributed by atoms with van der Waals surface area (Å²) in [6.07, 6.45) is -0.939. The van der Waals surface area contributed by atoms with Gasteiger partial charge in [0.05, 0.1) is 18.4 Å². The van der Waals surface area contributed by atoms with Crippen LogP contribution in [0.5, 0.6) is 0 Å². The molecule has 1 aliphatic rings. The van der Waals surface area contributed by atoms with E-state index in [0.717, 1.165) is 0 Å². The quantitative estimate of drug-likeness (QED) is 0.686. The van der Waals surface area contributed by atoms with Crippen molar-refractivity contribution < 1.29 is 23.9 Å². The van der Waals surface area contributed by atoms with E-state index in [9.17, 15) is 19.6 Å². The number of alkyl carbamates (subject to hydrolysis) is 1. The van der Waals surface area contributed by atoms with Crippen molar-refractivity contribution in [2.45, 2.75) is 45.8 Å². The molecule has 172 valence electrons. The van der Waals surface area contributed by atoms with E-state index in [1.807, 2.05) is 6.07 Å². The van der Waals surface area contributed by atoms with Crippen LogP contribution >= 0.6 is 0 Å². The van der Waals surface area contributed by atoms with Gasteiger partial charge in [-0.15, -0.1) is 0 Å². The fraction of sp³-hybridized carbons (Fsp3) is 0.360. The van der Waals surface area contributed by atoms with Gasteiger partial charge >= 0.3 is 12.1 Å². The van der Waals surface area contributed by atoms with E-state index in [1.54, 1.807) is 82.3 Å². The van der Waals surface area contributed by atoms with Crippen molar-refractivity contribution in [1.29, 1.82) is 5.26 Å². The minimum absolute atomic E-state index is 0.00312. The first-order valence-corrected chi connectivity index (χ1v) is 10.6. The Bertz CT molecular complexity index is 1120. The summed E-state index contributed by atoms with van der Waals surface area (Å²) in [6.45, 7) is 7.92. The maximum atomic E-state index is 14.2. The number of carbonyl (C=O) groups is 3. The molecule has 33 heavy (non-hydrogen) atoms. The molecule has 0 aromatic heterocycles. The largest absolute Gasteiger partial charge is 0.465 e. The molecule has 8 heteroatoms. The van der Waals surface area contributed by atoms with Crippen LogP contribution in [0, 0.1) is 16.7 Å². The van der Waals surface area contributed by atoms with Gasteiger partial charge in [-0.2, -0.15) is 5.26 Å². The Balaban J connectivity index is 2.31. The van der Waals surface area contributed by atoms with Crippen molar-refractivity contribution in [2.75, 3.05) is 11.5 Å². The monoisotopic (exact) mass is 449 g/mol. The number of para-hydroxylation sites is 2. The van der Waals surface area contributed by atoms with E-state index < -0.39 is 34.5 Å². The van der Waals surface area contributed by atoms with Crippen molar-refractivity contribution in [2.24, 2.45) is 5.41 Å². The van der Waals surface area contributed by atoms with Crippen molar-refractivity contribution in [3.05, 3.63) is 60.2 Å². The zero-order valence-electron chi connectivity index (χ0n) is 19.3. The van der Waals surface area contributed by atoms with Crippen LogP contribution in [-0.4, -0.2) is 30.2 Å². The highest BCUT2D eigenvalue weighted by Gasteiger charge is 2.67. The summed E-state index contributed by atoms with van der Waals surface area (Å²) in [5, 5.41) is 12.8. The summed E-state index contributed by atoms with van der Waals surface area (Å²) in [6, 6.07) is 17.5. The SMILES string of the molecule is CCOC(=O)C(C)(C#N)C1(NC(=O)OC(C)(C)C)C(=O)N(c2ccccc2)c2ccccc21. The smallest absolute Gasteiger partial charge is 0.408 e. The van der Waals surface area contributed by atoms with E-state index in [2.05, 4.69) is 5.32 Å². The van der Waals surface area contributed by atoms with Crippen molar-refractivity contribution in [3.8, 4) is 6.07 Å². The van der Waals surface area contributed by atoms with Crippen LogP contribution in [0.25, 0.3) is 0 Å². The lowest BCUT2D eigenvalue weighted by Gasteiger charge is -2.39. The predicted octanol–water partition coefficient (Wildman–Crippen LogP) is 4.18. The molecule has 2 atom stereocenters. The van der Waals surface area contributed by atoms with Crippen molar-refractivity contribution >= 4 is 29.3 Å². The Morgan fingerprint density at radius 2 is 1.67 bits per heavy atom. The number of carbonyl (C=O) groups excluding carboxylic acids is 3. The number of nitriles is 1. The van der Waals surface area contributed by atoms with Crippen LogP contribution in [0.4, 0.5) is 16.2 Å². The molecule has 0 saturated heterocycles. The molecule has 1 heterocycles. The molecule has 1 N–H and O–H groups in total. The number of amides is 2. The Morgan fingerprint density at radius 3 is 2.24 bits per heavy atom. The third kappa shape index (κ3) is 3.91. The fourth-order valence-corrected chi connectivity index (χ4v) is 3.96. The normalized spacial score (nSPS) is 19.2. The Morgan fingerprint density at radius 1 is 1.06 bits per heavy atom. The number of rotatable bonds is 5. The molecule has 0 aliphatic carbocycles. The summed E-state index contributed by atoms with van der Waals surface area (Å²) in [5.74, 6) is -1.60. The second-order valence-corrected chi connectivity index (χ2v) is 8.83. The molecule has 2 aromatic carbocycles. The van der Waals surface area contributed by atoms with Crippen LogP contribution < -0.4 is 10.2 Å². The van der Waals surface area contributed by atoms with Crippen molar-refractivity contribution in [3.63, 3.8) is 0 Å². The lowest BCUT2D eigenvalue weighted by Crippen LogP contribution is -2.64. The van der Waals surface area contributed by atoms with Crippen LogP contribution in [-0.2, 0) is 24.6 Å². The maximum absolute atomic E-state index is 14.2. The minimum Gasteiger partial charge on any atom is -0.465 e. The number of esters is 1. The molecule has 1 aliphatic heterocycles. The van der Waals surface area contributed by atoms with E-state index in [-0.39, 0.29) is 6.61 Å².